The third-order valence-corrected chi connectivity index (χ3v) is 9.26. The second-order valence-corrected chi connectivity index (χ2v) is 12.2. The molecule has 2 aliphatic heterocycles. The van der Waals surface area contributed by atoms with Crippen LogP contribution in [0.25, 0.3) is 0 Å². The molecule has 1 atom stereocenters. The number of imidazole rings is 2. The van der Waals surface area contributed by atoms with Crippen LogP contribution in [0.5, 0.6) is 5.88 Å². The van der Waals surface area contributed by atoms with Crippen LogP contribution in [0.2, 0.25) is 5.02 Å². The molecule has 214 valence electrons. The Morgan fingerprint density at radius 2 is 2.02 bits per heavy atom. The van der Waals surface area contributed by atoms with Gasteiger partial charge in [0.25, 0.3) is 0 Å². The topological polar surface area (TPSA) is 78.1 Å². The smallest absolute Gasteiger partial charge is 0.213 e. The maximum absolute atomic E-state index is 14.1. The second kappa shape index (κ2) is 12.3. The Hall–Kier alpha value is -3.21. The molecule has 0 saturated carbocycles. The highest BCUT2D eigenvalue weighted by molar-refractivity contribution is 8.00. The summed E-state index contributed by atoms with van der Waals surface area (Å²) in [5.74, 6) is 1.48. The van der Waals surface area contributed by atoms with Gasteiger partial charge in [-0.2, -0.15) is 0 Å². The standard InChI is InChI=1S/C30H32ClFN6O2S/c1-2-37-19-33-14-23(37)15-38-27-13-24(17-39)41-30(27)35-28(38)16-36-10-8-20(9-11-36)26-4-3-5-29(34-26)40-18-21-6-7-22(31)12-25(21)32/h3-7,12,14,17,19-20,24H,2,8-11,13,15-16,18H2,1H3. The van der Waals surface area contributed by atoms with Gasteiger partial charge in [-0.05, 0) is 51.1 Å². The predicted octanol–water partition coefficient (Wildman–Crippen LogP) is 5.51. The zero-order valence-corrected chi connectivity index (χ0v) is 24.5. The van der Waals surface area contributed by atoms with Gasteiger partial charge in [0.15, 0.2) is 0 Å². The molecule has 1 unspecified atom stereocenters. The lowest BCUT2D eigenvalue weighted by atomic mass is 9.93. The van der Waals surface area contributed by atoms with Gasteiger partial charge in [0.2, 0.25) is 5.88 Å². The van der Waals surface area contributed by atoms with Gasteiger partial charge >= 0.3 is 0 Å². The molecule has 0 N–H and O–H groups in total. The summed E-state index contributed by atoms with van der Waals surface area (Å²) in [4.78, 5) is 28.0. The number of aldehydes is 1. The monoisotopic (exact) mass is 594 g/mol. The van der Waals surface area contributed by atoms with Gasteiger partial charge in [-0.15, -0.1) is 0 Å². The summed E-state index contributed by atoms with van der Waals surface area (Å²) in [6.45, 7) is 6.39. The van der Waals surface area contributed by atoms with E-state index in [1.165, 1.54) is 6.07 Å². The van der Waals surface area contributed by atoms with E-state index in [-0.39, 0.29) is 17.7 Å². The summed E-state index contributed by atoms with van der Waals surface area (Å²) < 4.78 is 24.4. The molecule has 0 amide bonds. The molecule has 5 heterocycles. The molecular weight excluding hydrogens is 563 g/mol. The highest BCUT2D eigenvalue weighted by Crippen LogP contribution is 2.37. The first kappa shape index (κ1) is 27.9. The van der Waals surface area contributed by atoms with E-state index < -0.39 is 0 Å². The number of aromatic nitrogens is 5. The summed E-state index contributed by atoms with van der Waals surface area (Å²) >= 11 is 7.43. The van der Waals surface area contributed by atoms with Crippen LogP contribution in [0.15, 0.2) is 53.9 Å². The van der Waals surface area contributed by atoms with Gasteiger partial charge in [0.05, 0.1) is 36.1 Å². The molecule has 11 heteroatoms. The number of nitrogens with zero attached hydrogens (tertiary/aromatic N) is 6. The van der Waals surface area contributed by atoms with Crippen molar-refractivity contribution >= 4 is 29.6 Å². The third-order valence-electron chi connectivity index (χ3n) is 7.89. The summed E-state index contributed by atoms with van der Waals surface area (Å²) in [6, 6.07) is 10.4. The number of ether oxygens (including phenoxy) is 1. The molecule has 1 aromatic carbocycles. The number of hydrogen-bond acceptors (Lipinski definition) is 7. The SMILES string of the molecule is CCn1cncc1Cn1c(CN2CCC(c3cccc(OCc4ccc(Cl)cc4F)n3)CC2)nc2c1CC(C=O)S2. The number of aryl methyl sites for hydroxylation is 1. The second-order valence-electron chi connectivity index (χ2n) is 10.5. The first-order valence-corrected chi connectivity index (χ1v) is 15.2. The average molecular weight is 595 g/mol. The Balaban J connectivity index is 1.10. The summed E-state index contributed by atoms with van der Waals surface area (Å²) in [7, 11) is 0. The lowest BCUT2D eigenvalue weighted by Gasteiger charge is -2.31. The maximum atomic E-state index is 14.1. The van der Waals surface area contributed by atoms with E-state index in [4.69, 9.17) is 26.3 Å². The molecule has 6 rings (SSSR count). The van der Waals surface area contributed by atoms with Crippen LogP contribution in [0.1, 0.15) is 54.2 Å². The zero-order chi connectivity index (χ0) is 28.3. The number of carbonyl (C=O) groups excluding carboxylic acids is 1. The minimum absolute atomic E-state index is 0.0583. The van der Waals surface area contributed by atoms with Crippen molar-refractivity contribution in [1.29, 1.82) is 0 Å². The molecule has 0 bridgehead atoms. The molecular formula is C30H32ClFN6O2S. The number of carbonyl (C=O) groups is 1. The highest BCUT2D eigenvalue weighted by atomic mass is 35.5. The van der Waals surface area contributed by atoms with Gasteiger partial charge in [-0.25, -0.2) is 19.3 Å². The molecule has 3 aromatic heterocycles. The summed E-state index contributed by atoms with van der Waals surface area (Å²) in [5, 5.41) is 1.28. The molecule has 0 aliphatic carbocycles. The van der Waals surface area contributed by atoms with Crippen molar-refractivity contribution in [3.63, 3.8) is 0 Å². The number of likely N-dealkylation sites (tertiary alicyclic amines) is 1. The highest BCUT2D eigenvalue weighted by Gasteiger charge is 2.31. The summed E-state index contributed by atoms with van der Waals surface area (Å²) in [5.41, 5.74) is 3.74. The first-order valence-electron chi connectivity index (χ1n) is 14.0. The molecule has 4 aromatic rings. The molecule has 41 heavy (non-hydrogen) atoms. The predicted molar refractivity (Wildman–Crippen MR) is 156 cm³/mol. The Morgan fingerprint density at radius 3 is 2.80 bits per heavy atom. The van der Waals surface area contributed by atoms with Crippen LogP contribution < -0.4 is 4.74 Å². The first-order chi connectivity index (χ1) is 20.0. The number of rotatable bonds is 10. The van der Waals surface area contributed by atoms with Crippen molar-refractivity contribution in [2.75, 3.05) is 13.1 Å². The van der Waals surface area contributed by atoms with E-state index in [2.05, 4.69) is 25.9 Å². The largest absolute Gasteiger partial charge is 0.473 e. The Morgan fingerprint density at radius 1 is 1.17 bits per heavy atom. The van der Waals surface area contributed by atoms with Gasteiger partial charge in [-0.1, -0.05) is 35.5 Å². The number of fused-ring (bicyclic) bond motifs is 1. The van der Waals surface area contributed by atoms with Crippen molar-refractivity contribution in [3.05, 3.63) is 88.2 Å². The van der Waals surface area contributed by atoms with Crippen molar-refractivity contribution in [3.8, 4) is 5.88 Å². The van der Waals surface area contributed by atoms with Crippen molar-refractivity contribution < 1.29 is 13.9 Å². The van der Waals surface area contributed by atoms with E-state index >= 15 is 0 Å². The number of piperidine rings is 1. The molecule has 8 nitrogen and oxygen atoms in total. The molecule has 1 fully saturated rings. The van der Waals surface area contributed by atoms with E-state index in [0.717, 1.165) is 73.2 Å². The normalized spacial score (nSPS) is 17.6. The number of pyridine rings is 1. The third kappa shape index (κ3) is 6.19. The van der Waals surface area contributed by atoms with E-state index in [1.807, 2.05) is 30.7 Å². The van der Waals surface area contributed by atoms with Crippen molar-refractivity contribution in [2.24, 2.45) is 0 Å². The zero-order valence-electron chi connectivity index (χ0n) is 22.9. The molecule has 2 aliphatic rings. The van der Waals surface area contributed by atoms with E-state index in [0.29, 0.717) is 35.3 Å². The lowest BCUT2D eigenvalue weighted by Crippen LogP contribution is -2.34. The van der Waals surface area contributed by atoms with Crippen LogP contribution >= 0.6 is 23.4 Å². The fraction of sp³-hybridized carbons (Fsp3) is 0.400. The fourth-order valence-electron chi connectivity index (χ4n) is 5.61. The van der Waals surface area contributed by atoms with Crippen LogP contribution in [0.3, 0.4) is 0 Å². The van der Waals surface area contributed by atoms with E-state index in [9.17, 15) is 9.18 Å². The summed E-state index contributed by atoms with van der Waals surface area (Å²) in [6.07, 6.45) is 7.49. The van der Waals surface area contributed by atoms with E-state index in [1.54, 1.807) is 23.9 Å². The molecule has 1 saturated heterocycles. The van der Waals surface area contributed by atoms with Crippen LogP contribution in [-0.4, -0.2) is 53.6 Å². The molecule has 0 radical (unpaired) electrons. The van der Waals surface area contributed by atoms with Crippen LogP contribution in [0, 0.1) is 5.82 Å². The molecule has 0 spiro atoms. The van der Waals surface area contributed by atoms with Crippen molar-refractivity contribution in [1.82, 2.24) is 29.0 Å². The number of hydrogen-bond donors (Lipinski definition) is 0. The van der Waals surface area contributed by atoms with Crippen LogP contribution in [-0.2, 0) is 37.5 Å². The number of thioether (sulfide) groups is 1. The minimum Gasteiger partial charge on any atom is -0.473 e. The lowest BCUT2D eigenvalue weighted by molar-refractivity contribution is -0.107. The van der Waals surface area contributed by atoms with Crippen LogP contribution in [0.4, 0.5) is 4.39 Å². The van der Waals surface area contributed by atoms with Crippen molar-refractivity contribution in [2.45, 2.75) is 68.6 Å². The van der Waals surface area contributed by atoms with Gasteiger partial charge < -0.3 is 18.7 Å². The van der Waals surface area contributed by atoms with Gasteiger partial charge in [0.1, 0.15) is 29.6 Å². The minimum atomic E-state index is -0.384. The maximum Gasteiger partial charge on any atom is 0.213 e. The average Bonchev–Trinajstić information content (AvgIpc) is 3.69. The van der Waals surface area contributed by atoms with Gasteiger partial charge in [0, 0.05) is 47.4 Å². The Kier molecular flexibility index (Phi) is 8.41. The number of benzene rings is 1. The van der Waals surface area contributed by atoms with Gasteiger partial charge in [-0.3, -0.25) is 4.90 Å². The fourth-order valence-corrected chi connectivity index (χ4v) is 6.84. The quantitative estimate of drug-likeness (QED) is 0.224. The Bertz CT molecular complexity index is 1530. The number of halogens is 2. The Labute approximate surface area is 247 Å².